The second-order valence-corrected chi connectivity index (χ2v) is 9.40. The lowest BCUT2D eigenvalue weighted by atomic mass is 10.1. The van der Waals surface area contributed by atoms with Crippen molar-refractivity contribution in [2.24, 2.45) is 0 Å². The number of anilines is 1. The molecule has 0 spiro atoms. The van der Waals surface area contributed by atoms with Gasteiger partial charge in [0.1, 0.15) is 5.58 Å². The second kappa shape index (κ2) is 10.3. The fourth-order valence-corrected chi connectivity index (χ4v) is 4.53. The Labute approximate surface area is 220 Å². The molecule has 0 aliphatic heterocycles. The molecule has 0 aliphatic rings. The van der Waals surface area contributed by atoms with Crippen LogP contribution in [0.2, 0.25) is 0 Å². The summed E-state index contributed by atoms with van der Waals surface area (Å²) in [6.07, 6.45) is -1.06. The third kappa shape index (κ3) is 5.02. The molecule has 190 valence electrons. The molecule has 2 heterocycles. The minimum Gasteiger partial charge on any atom is -0.473 e. The molecule has 5 rings (SSSR count). The predicted molar refractivity (Wildman–Crippen MR) is 146 cm³/mol. The van der Waals surface area contributed by atoms with Crippen molar-refractivity contribution < 1.29 is 18.9 Å². The van der Waals surface area contributed by atoms with Crippen LogP contribution in [-0.2, 0) is 4.79 Å². The van der Waals surface area contributed by atoms with Crippen LogP contribution >= 0.6 is 11.3 Å². The average Bonchev–Trinajstić information content (AvgIpc) is 3.39. The summed E-state index contributed by atoms with van der Waals surface area (Å²) >= 11 is 1.17. The highest BCUT2D eigenvalue weighted by molar-refractivity contribution is 7.14. The van der Waals surface area contributed by atoms with Gasteiger partial charge in [-0.3, -0.25) is 25.0 Å². The van der Waals surface area contributed by atoms with Gasteiger partial charge in [0, 0.05) is 28.6 Å². The second-order valence-electron chi connectivity index (χ2n) is 8.55. The van der Waals surface area contributed by atoms with E-state index in [9.17, 15) is 19.7 Å². The lowest BCUT2D eigenvalue weighted by molar-refractivity contribution is -0.384. The molecule has 38 heavy (non-hydrogen) atoms. The number of benzene rings is 3. The van der Waals surface area contributed by atoms with E-state index in [4.69, 9.17) is 9.15 Å². The quantitative estimate of drug-likeness (QED) is 0.197. The first kappa shape index (κ1) is 24.8. The Balaban J connectivity index is 1.41. The van der Waals surface area contributed by atoms with E-state index in [0.717, 1.165) is 5.56 Å². The zero-order chi connectivity index (χ0) is 26.8. The molecular weight excluding hydrogens is 506 g/mol. The van der Waals surface area contributed by atoms with Gasteiger partial charge in [0.25, 0.3) is 11.6 Å². The minimum atomic E-state index is -1.06. The molecule has 10 heteroatoms. The maximum Gasteiger partial charge on any atom is 0.270 e. The first-order valence-electron chi connectivity index (χ1n) is 11.6. The molecule has 2 aromatic heterocycles. The third-order valence-corrected chi connectivity index (χ3v) is 6.58. The number of nitro groups is 1. The molecule has 0 radical (unpaired) electrons. The van der Waals surface area contributed by atoms with Crippen LogP contribution in [-0.4, -0.2) is 21.9 Å². The van der Waals surface area contributed by atoms with Gasteiger partial charge in [-0.1, -0.05) is 54.1 Å². The van der Waals surface area contributed by atoms with E-state index in [1.54, 1.807) is 41.8 Å². The number of non-ortho nitro benzene ring substituents is 1. The summed E-state index contributed by atoms with van der Waals surface area (Å²) in [5, 5.41) is 16.1. The average molecular weight is 528 g/mol. The van der Waals surface area contributed by atoms with Crippen LogP contribution in [0.5, 0.6) is 5.75 Å². The van der Waals surface area contributed by atoms with Crippen LogP contribution in [0.25, 0.3) is 33.6 Å². The van der Waals surface area contributed by atoms with Crippen molar-refractivity contribution in [1.82, 2.24) is 4.98 Å². The maximum absolute atomic E-state index is 13.4. The van der Waals surface area contributed by atoms with Crippen molar-refractivity contribution in [3.8, 4) is 28.3 Å². The lowest BCUT2D eigenvalue weighted by Crippen LogP contribution is -2.31. The summed E-state index contributed by atoms with van der Waals surface area (Å²) in [4.78, 5) is 41.3. The van der Waals surface area contributed by atoms with Gasteiger partial charge in [0.15, 0.2) is 17.0 Å². The summed E-state index contributed by atoms with van der Waals surface area (Å²) < 4.78 is 12.0. The first-order valence-corrected chi connectivity index (χ1v) is 12.5. The number of amides is 1. The first-order chi connectivity index (χ1) is 18.3. The zero-order valence-corrected chi connectivity index (χ0v) is 21.2. The Hall–Kier alpha value is -4.83. The van der Waals surface area contributed by atoms with Gasteiger partial charge < -0.3 is 9.15 Å². The summed E-state index contributed by atoms with van der Waals surface area (Å²) in [5.74, 6) is -0.352. The fourth-order valence-electron chi connectivity index (χ4n) is 3.81. The number of hydrogen-bond donors (Lipinski definition) is 1. The van der Waals surface area contributed by atoms with E-state index in [-0.39, 0.29) is 27.8 Å². The number of para-hydroxylation sites is 1. The third-order valence-electron chi connectivity index (χ3n) is 5.82. The highest BCUT2D eigenvalue weighted by Gasteiger charge is 2.24. The molecule has 3 aromatic carbocycles. The molecule has 1 amide bonds. The van der Waals surface area contributed by atoms with E-state index < -0.39 is 16.9 Å². The smallest absolute Gasteiger partial charge is 0.270 e. The summed E-state index contributed by atoms with van der Waals surface area (Å²) in [6, 6.07) is 20.4. The van der Waals surface area contributed by atoms with E-state index in [1.807, 2.05) is 31.2 Å². The Morgan fingerprint density at radius 1 is 1.08 bits per heavy atom. The lowest BCUT2D eigenvalue weighted by Gasteiger charge is -2.16. The summed E-state index contributed by atoms with van der Waals surface area (Å²) in [6.45, 7) is 3.48. The molecule has 1 atom stereocenters. The standard InChI is InChI=1S/C28H21N3O6S/c1-16-10-12-18(13-11-16)25-26(24(32)21-8-3-4-9-23(21)37-25)36-17(2)27(33)30-28-29-22(15-38-28)19-6-5-7-20(14-19)31(34)35/h3-15,17H,1-2H3,(H,29,30,33). The van der Waals surface area contributed by atoms with Gasteiger partial charge in [0.05, 0.1) is 16.0 Å². The van der Waals surface area contributed by atoms with Gasteiger partial charge in [-0.2, -0.15) is 0 Å². The topological polar surface area (TPSA) is 125 Å². The number of nitrogens with zero attached hydrogens (tertiary/aromatic N) is 2. The van der Waals surface area contributed by atoms with Crippen LogP contribution in [0.4, 0.5) is 10.8 Å². The number of nitro benzene ring substituents is 1. The zero-order valence-electron chi connectivity index (χ0n) is 20.3. The number of nitrogens with one attached hydrogen (secondary N) is 1. The molecule has 5 aromatic rings. The van der Waals surface area contributed by atoms with Crippen LogP contribution in [0.1, 0.15) is 12.5 Å². The van der Waals surface area contributed by atoms with Crippen LogP contribution in [0, 0.1) is 17.0 Å². The monoisotopic (exact) mass is 527 g/mol. The van der Waals surface area contributed by atoms with E-state index in [2.05, 4.69) is 10.3 Å². The summed E-state index contributed by atoms with van der Waals surface area (Å²) in [5.41, 5.74) is 2.69. The largest absolute Gasteiger partial charge is 0.473 e. The Morgan fingerprint density at radius 2 is 1.84 bits per heavy atom. The van der Waals surface area contributed by atoms with Crippen LogP contribution in [0.15, 0.2) is 87.4 Å². The van der Waals surface area contributed by atoms with Gasteiger partial charge in [0.2, 0.25) is 11.2 Å². The number of fused-ring (bicyclic) bond motifs is 1. The molecule has 1 N–H and O–H groups in total. The predicted octanol–water partition coefficient (Wildman–Crippen LogP) is 6.21. The Kier molecular flexibility index (Phi) is 6.71. The number of aromatic nitrogens is 1. The number of hydrogen-bond acceptors (Lipinski definition) is 8. The van der Waals surface area contributed by atoms with Gasteiger partial charge in [-0.25, -0.2) is 4.98 Å². The number of ether oxygens (including phenoxy) is 1. The molecule has 0 saturated carbocycles. The number of carbonyl (C=O) groups excluding carboxylic acids is 1. The number of carbonyl (C=O) groups is 1. The van der Waals surface area contributed by atoms with Crippen molar-refractivity contribution in [2.45, 2.75) is 20.0 Å². The van der Waals surface area contributed by atoms with E-state index in [1.165, 1.54) is 30.4 Å². The van der Waals surface area contributed by atoms with Gasteiger partial charge in [-0.15, -0.1) is 11.3 Å². The minimum absolute atomic E-state index is 0.0540. The van der Waals surface area contributed by atoms with E-state index >= 15 is 0 Å². The van der Waals surface area contributed by atoms with Crippen molar-refractivity contribution >= 4 is 39.0 Å². The van der Waals surface area contributed by atoms with Gasteiger partial charge >= 0.3 is 0 Å². The molecule has 0 fully saturated rings. The van der Waals surface area contributed by atoms with E-state index in [0.29, 0.717) is 27.8 Å². The molecular formula is C28H21N3O6S. The SMILES string of the molecule is Cc1ccc(-c2oc3ccccc3c(=O)c2OC(C)C(=O)Nc2nc(-c3cccc([N+](=O)[O-])c3)cs2)cc1. The van der Waals surface area contributed by atoms with Crippen LogP contribution < -0.4 is 15.5 Å². The maximum atomic E-state index is 13.4. The molecule has 0 aliphatic carbocycles. The highest BCUT2D eigenvalue weighted by Crippen LogP contribution is 2.32. The van der Waals surface area contributed by atoms with Crippen molar-refractivity contribution in [3.05, 3.63) is 104 Å². The number of aryl methyl sites for hydroxylation is 1. The highest BCUT2D eigenvalue weighted by atomic mass is 32.1. The fraction of sp³-hybridized carbons (Fsp3) is 0.107. The normalized spacial score (nSPS) is 11.7. The number of thiazole rings is 1. The molecule has 0 bridgehead atoms. The van der Waals surface area contributed by atoms with Crippen molar-refractivity contribution in [2.75, 3.05) is 5.32 Å². The van der Waals surface area contributed by atoms with Crippen molar-refractivity contribution in [1.29, 1.82) is 0 Å². The molecule has 9 nitrogen and oxygen atoms in total. The van der Waals surface area contributed by atoms with Crippen molar-refractivity contribution in [3.63, 3.8) is 0 Å². The molecule has 0 saturated heterocycles. The Bertz CT molecular complexity index is 1730. The van der Waals surface area contributed by atoms with Crippen LogP contribution in [0.3, 0.4) is 0 Å². The van der Waals surface area contributed by atoms with Gasteiger partial charge in [-0.05, 0) is 26.0 Å². The Morgan fingerprint density at radius 3 is 2.61 bits per heavy atom. The number of rotatable bonds is 7. The summed E-state index contributed by atoms with van der Waals surface area (Å²) in [7, 11) is 0. The molecule has 1 unspecified atom stereocenters.